The van der Waals surface area contributed by atoms with Crippen molar-refractivity contribution >= 4 is 26.0 Å². The van der Waals surface area contributed by atoms with Crippen molar-refractivity contribution in [2.24, 2.45) is 0 Å². The molecule has 2 aliphatic rings. The predicted octanol–water partition coefficient (Wildman–Crippen LogP) is 5.44. The summed E-state index contributed by atoms with van der Waals surface area (Å²) in [5.74, 6) is 0. The predicted molar refractivity (Wildman–Crippen MR) is 130 cm³/mol. The number of likely N-dealkylation sites (tertiary alicyclic amines) is 1. The molecule has 1 aromatic rings. The van der Waals surface area contributed by atoms with Crippen molar-refractivity contribution in [2.75, 3.05) is 33.3 Å². The van der Waals surface area contributed by atoms with Crippen molar-refractivity contribution in [3.05, 3.63) is 28.7 Å². The lowest BCUT2D eigenvalue weighted by molar-refractivity contribution is 0.0156. The molecule has 0 aromatic heterocycles. The summed E-state index contributed by atoms with van der Waals surface area (Å²) in [7, 11) is -1.73. The zero-order valence-electron chi connectivity index (χ0n) is 19.0. The van der Waals surface area contributed by atoms with Crippen LogP contribution in [0.15, 0.2) is 33.6 Å². The van der Waals surface area contributed by atoms with Crippen LogP contribution in [0, 0.1) is 0 Å². The Morgan fingerprint density at radius 2 is 1.61 bits per heavy atom. The van der Waals surface area contributed by atoms with Gasteiger partial charge >= 0.3 is 0 Å². The van der Waals surface area contributed by atoms with Gasteiger partial charge in [0.15, 0.2) is 0 Å². The van der Waals surface area contributed by atoms with Crippen molar-refractivity contribution in [3.8, 4) is 0 Å². The maximum Gasteiger partial charge on any atom is 0.243 e. The largest absolute Gasteiger partial charge is 0.378 e. The summed E-state index contributed by atoms with van der Waals surface area (Å²) < 4.78 is 34.4. The fraction of sp³-hybridized carbons (Fsp3) is 0.750. The van der Waals surface area contributed by atoms with Crippen LogP contribution in [0.1, 0.15) is 70.6 Å². The molecular weight excluding hydrogens is 476 g/mol. The van der Waals surface area contributed by atoms with Crippen molar-refractivity contribution in [3.63, 3.8) is 0 Å². The van der Waals surface area contributed by atoms with Crippen molar-refractivity contribution < 1.29 is 13.2 Å². The molecule has 1 heterocycles. The summed E-state index contributed by atoms with van der Waals surface area (Å²) in [4.78, 5) is 2.98. The average Bonchev–Trinajstić information content (AvgIpc) is 2.79. The number of hydrogen-bond donors (Lipinski definition) is 0. The summed E-state index contributed by atoms with van der Waals surface area (Å²) in [6, 6.07) is 6.94. The molecule has 1 aliphatic carbocycles. The number of benzene rings is 1. The van der Waals surface area contributed by atoms with Crippen LogP contribution < -0.4 is 0 Å². The molecule has 0 amide bonds. The van der Waals surface area contributed by atoms with Gasteiger partial charge in [-0.05, 0) is 95.3 Å². The minimum absolute atomic E-state index is 0.0586. The van der Waals surface area contributed by atoms with Gasteiger partial charge in [0.05, 0.1) is 11.0 Å². The molecule has 2 fully saturated rings. The topological polar surface area (TPSA) is 49.9 Å². The second kappa shape index (κ2) is 12.7. The van der Waals surface area contributed by atoms with E-state index in [1.165, 1.54) is 58.2 Å². The molecule has 1 aromatic carbocycles. The molecule has 1 aliphatic heterocycles. The standard InChI is InChI=1S/C24H39BrN2O3S/c1-26(31(28,29)24-15-9-21(25)10-16-24)22-11-13-23(14-12-22)30-20-8-3-2-5-17-27-18-6-4-7-19-27/h9-10,15-16,22-23H,2-8,11-14,17-20H2,1H3. The quantitative estimate of drug-likeness (QED) is 0.368. The maximum absolute atomic E-state index is 12.9. The van der Waals surface area contributed by atoms with Crippen LogP contribution in [0.25, 0.3) is 0 Å². The number of sulfonamides is 1. The highest BCUT2D eigenvalue weighted by Crippen LogP contribution is 2.28. The van der Waals surface area contributed by atoms with Gasteiger partial charge in [-0.1, -0.05) is 35.2 Å². The van der Waals surface area contributed by atoms with Crippen molar-refractivity contribution in [2.45, 2.75) is 87.7 Å². The molecule has 3 rings (SSSR count). The zero-order chi connectivity index (χ0) is 22.1. The first-order valence-electron chi connectivity index (χ1n) is 12.0. The third kappa shape index (κ3) is 7.81. The Balaban J connectivity index is 1.28. The molecule has 1 saturated heterocycles. The monoisotopic (exact) mass is 514 g/mol. The number of nitrogens with zero attached hydrogens (tertiary/aromatic N) is 2. The molecule has 7 heteroatoms. The van der Waals surface area contributed by atoms with Gasteiger partial charge in [-0.2, -0.15) is 4.31 Å². The SMILES string of the molecule is CN(C1CCC(OCCCCCCN2CCCCC2)CC1)S(=O)(=O)c1ccc(Br)cc1. The van der Waals surface area contributed by atoms with Crippen LogP contribution in [0.4, 0.5) is 0 Å². The molecule has 5 nitrogen and oxygen atoms in total. The lowest BCUT2D eigenvalue weighted by Gasteiger charge is -2.34. The summed E-state index contributed by atoms with van der Waals surface area (Å²) in [5.41, 5.74) is 0. The van der Waals surface area contributed by atoms with Gasteiger partial charge in [-0.3, -0.25) is 0 Å². The number of unbranched alkanes of at least 4 members (excludes halogenated alkanes) is 3. The van der Waals surface area contributed by atoms with Gasteiger partial charge in [-0.25, -0.2) is 8.42 Å². The van der Waals surface area contributed by atoms with E-state index >= 15 is 0 Å². The first-order chi connectivity index (χ1) is 15.0. The van der Waals surface area contributed by atoms with E-state index in [9.17, 15) is 8.42 Å². The van der Waals surface area contributed by atoms with E-state index in [2.05, 4.69) is 20.8 Å². The third-order valence-electron chi connectivity index (χ3n) is 6.82. The minimum Gasteiger partial charge on any atom is -0.378 e. The van der Waals surface area contributed by atoms with E-state index in [0.717, 1.165) is 43.2 Å². The van der Waals surface area contributed by atoms with Gasteiger partial charge in [0.25, 0.3) is 0 Å². The molecule has 0 spiro atoms. The minimum atomic E-state index is -3.44. The van der Waals surface area contributed by atoms with E-state index in [1.807, 2.05) is 0 Å². The molecule has 176 valence electrons. The summed E-state index contributed by atoms with van der Waals surface area (Å²) in [6.45, 7) is 4.70. The van der Waals surface area contributed by atoms with Crippen molar-refractivity contribution in [1.29, 1.82) is 0 Å². The molecule has 0 unspecified atom stereocenters. The van der Waals surface area contributed by atoms with Crippen LogP contribution in [-0.2, 0) is 14.8 Å². The highest BCUT2D eigenvalue weighted by Gasteiger charge is 2.31. The second-order valence-corrected chi connectivity index (χ2v) is 12.0. The van der Waals surface area contributed by atoms with Crippen LogP contribution in [0.5, 0.6) is 0 Å². The third-order valence-corrected chi connectivity index (χ3v) is 9.27. The first-order valence-corrected chi connectivity index (χ1v) is 14.3. The van der Waals surface area contributed by atoms with Crippen LogP contribution in [0.2, 0.25) is 0 Å². The highest BCUT2D eigenvalue weighted by atomic mass is 79.9. The Bertz CT molecular complexity index is 743. The van der Waals surface area contributed by atoms with E-state index in [4.69, 9.17) is 4.74 Å². The Hall–Kier alpha value is -0.470. The molecule has 0 atom stereocenters. The van der Waals surface area contributed by atoms with E-state index < -0.39 is 10.0 Å². The first kappa shape index (κ1) is 25.2. The second-order valence-electron chi connectivity index (χ2n) is 9.09. The normalized spacial score (nSPS) is 23.3. The molecule has 1 saturated carbocycles. The van der Waals surface area contributed by atoms with Gasteiger partial charge in [0.1, 0.15) is 0 Å². The average molecular weight is 516 g/mol. The Kier molecular flexibility index (Phi) is 10.3. The Labute approximate surface area is 197 Å². The van der Waals surface area contributed by atoms with Gasteiger partial charge < -0.3 is 9.64 Å². The van der Waals surface area contributed by atoms with E-state index in [0.29, 0.717) is 4.90 Å². The van der Waals surface area contributed by atoms with E-state index in [1.54, 1.807) is 35.6 Å². The van der Waals surface area contributed by atoms with Crippen LogP contribution in [-0.4, -0.2) is 63.1 Å². The fourth-order valence-electron chi connectivity index (χ4n) is 4.77. The molecule has 0 radical (unpaired) electrons. The van der Waals surface area contributed by atoms with E-state index in [-0.39, 0.29) is 12.1 Å². The lowest BCUT2D eigenvalue weighted by Crippen LogP contribution is -2.40. The Morgan fingerprint density at radius 3 is 2.29 bits per heavy atom. The highest BCUT2D eigenvalue weighted by molar-refractivity contribution is 9.10. The maximum atomic E-state index is 12.9. The fourth-order valence-corrected chi connectivity index (χ4v) is 6.45. The number of ether oxygens (including phenoxy) is 1. The number of hydrogen-bond acceptors (Lipinski definition) is 4. The van der Waals surface area contributed by atoms with Gasteiger partial charge in [0.2, 0.25) is 10.0 Å². The number of rotatable bonds is 11. The molecule has 31 heavy (non-hydrogen) atoms. The summed E-state index contributed by atoms with van der Waals surface area (Å²) >= 11 is 3.36. The van der Waals surface area contributed by atoms with Crippen LogP contribution in [0.3, 0.4) is 0 Å². The Morgan fingerprint density at radius 1 is 0.968 bits per heavy atom. The van der Waals surface area contributed by atoms with Crippen LogP contribution >= 0.6 is 15.9 Å². The number of piperidine rings is 1. The summed E-state index contributed by atoms with van der Waals surface area (Å²) in [5, 5.41) is 0. The summed E-state index contributed by atoms with van der Waals surface area (Å²) in [6.07, 6.45) is 13.1. The zero-order valence-corrected chi connectivity index (χ0v) is 21.4. The number of halogens is 1. The van der Waals surface area contributed by atoms with Gasteiger partial charge in [0, 0.05) is 24.2 Å². The molecule has 0 bridgehead atoms. The molecular formula is C24H39BrN2O3S. The lowest BCUT2D eigenvalue weighted by atomic mass is 9.93. The molecule has 0 N–H and O–H groups in total. The van der Waals surface area contributed by atoms with Gasteiger partial charge in [-0.15, -0.1) is 0 Å². The smallest absolute Gasteiger partial charge is 0.243 e. The van der Waals surface area contributed by atoms with Crippen molar-refractivity contribution in [1.82, 2.24) is 9.21 Å².